The van der Waals surface area contributed by atoms with Crippen molar-refractivity contribution in [1.82, 2.24) is 10.3 Å². The molecule has 0 aliphatic rings. The van der Waals surface area contributed by atoms with E-state index in [-0.39, 0.29) is 11.6 Å². The van der Waals surface area contributed by atoms with E-state index in [4.69, 9.17) is 27.9 Å². The van der Waals surface area contributed by atoms with Crippen LogP contribution in [0.2, 0.25) is 10.0 Å². The van der Waals surface area contributed by atoms with Crippen LogP contribution in [0, 0.1) is 0 Å². The first-order valence-electron chi connectivity index (χ1n) is 14.7. The Hall–Kier alpha value is -4.61. The highest BCUT2D eigenvalue weighted by molar-refractivity contribution is 8.00. The molecule has 0 spiro atoms. The van der Waals surface area contributed by atoms with Crippen molar-refractivity contribution in [3.8, 4) is 17.0 Å². The lowest BCUT2D eigenvalue weighted by Gasteiger charge is -2.15. The molecule has 48 heavy (non-hydrogen) atoms. The molecule has 0 aliphatic heterocycles. The maximum atomic E-state index is 13.6. The van der Waals surface area contributed by atoms with Crippen LogP contribution >= 0.6 is 46.3 Å². The van der Waals surface area contributed by atoms with Gasteiger partial charge in [0, 0.05) is 32.1 Å². The number of carbonyl (C=O) groups is 3. The summed E-state index contributed by atoms with van der Waals surface area (Å²) in [5, 5.41) is 11.4. The van der Waals surface area contributed by atoms with Crippen molar-refractivity contribution in [3.63, 3.8) is 0 Å². The molecule has 0 aliphatic carbocycles. The molecule has 8 nitrogen and oxygen atoms in total. The van der Waals surface area contributed by atoms with Gasteiger partial charge in [0.25, 0.3) is 11.8 Å². The van der Waals surface area contributed by atoms with Crippen LogP contribution in [0.15, 0.2) is 113 Å². The largest absolute Gasteiger partial charge is 0.497 e. The first-order chi connectivity index (χ1) is 23.2. The predicted molar refractivity (Wildman–Crippen MR) is 196 cm³/mol. The van der Waals surface area contributed by atoms with Gasteiger partial charge in [0.2, 0.25) is 5.91 Å². The summed E-state index contributed by atoms with van der Waals surface area (Å²) in [4.78, 5) is 45.2. The molecule has 3 N–H and O–H groups in total. The molecule has 4 aromatic carbocycles. The second-order valence-electron chi connectivity index (χ2n) is 10.3. The van der Waals surface area contributed by atoms with Gasteiger partial charge in [0.1, 0.15) is 11.4 Å². The summed E-state index contributed by atoms with van der Waals surface area (Å²) in [6.07, 6.45) is 2.13. The van der Waals surface area contributed by atoms with E-state index in [1.54, 1.807) is 98.1 Å². The van der Waals surface area contributed by atoms with E-state index in [1.807, 2.05) is 24.4 Å². The van der Waals surface area contributed by atoms with Crippen LogP contribution in [-0.2, 0) is 9.59 Å². The van der Waals surface area contributed by atoms with Gasteiger partial charge in [-0.3, -0.25) is 14.4 Å². The fourth-order valence-electron chi connectivity index (χ4n) is 4.51. The number of rotatable bonds is 12. The number of amides is 3. The standard InChI is InChI=1S/C36H30Cl2N4O4S2/c1-3-32(35(45)42-36-41-31(21-47-36)28-16-15-24(37)19-29(28)38)48-27-14-8-12-25(20-27)39-34(44)30(18-22-9-7-13-26(17-22)46-2)40-33(43)23-10-5-4-6-11-23/h4-21,32H,3H2,1-2H3,(H,39,44)(H,40,43)(H,41,42,45)/b30-18-. The van der Waals surface area contributed by atoms with Crippen LogP contribution < -0.4 is 20.7 Å². The van der Waals surface area contributed by atoms with Crippen LogP contribution in [-0.4, -0.2) is 35.1 Å². The minimum atomic E-state index is -0.519. The van der Waals surface area contributed by atoms with Crippen molar-refractivity contribution in [2.45, 2.75) is 23.5 Å². The van der Waals surface area contributed by atoms with E-state index < -0.39 is 17.1 Å². The van der Waals surface area contributed by atoms with Gasteiger partial charge in [0.15, 0.2) is 5.13 Å². The molecule has 0 saturated carbocycles. The molecule has 1 atom stereocenters. The molecular weight excluding hydrogens is 687 g/mol. The summed E-state index contributed by atoms with van der Waals surface area (Å²) in [5.74, 6) is -0.537. The van der Waals surface area contributed by atoms with Gasteiger partial charge >= 0.3 is 0 Å². The number of hydrogen-bond acceptors (Lipinski definition) is 7. The molecule has 1 heterocycles. The molecule has 1 aromatic heterocycles. The normalized spacial score (nSPS) is 11.8. The minimum absolute atomic E-state index is 0.0451. The number of anilines is 2. The molecule has 3 amide bonds. The van der Waals surface area contributed by atoms with Gasteiger partial charge in [-0.05, 0) is 78.7 Å². The maximum absolute atomic E-state index is 13.6. The van der Waals surface area contributed by atoms with E-state index >= 15 is 0 Å². The zero-order valence-corrected chi connectivity index (χ0v) is 29.0. The topological polar surface area (TPSA) is 109 Å². The summed E-state index contributed by atoms with van der Waals surface area (Å²) in [7, 11) is 1.56. The molecule has 244 valence electrons. The Morgan fingerprint density at radius 2 is 1.73 bits per heavy atom. The maximum Gasteiger partial charge on any atom is 0.272 e. The number of aromatic nitrogens is 1. The molecule has 0 bridgehead atoms. The van der Waals surface area contributed by atoms with E-state index in [2.05, 4.69) is 20.9 Å². The minimum Gasteiger partial charge on any atom is -0.497 e. The lowest BCUT2D eigenvalue weighted by molar-refractivity contribution is -0.116. The zero-order valence-electron chi connectivity index (χ0n) is 25.8. The van der Waals surface area contributed by atoms with E-state index in [9.17, 15) is 14.4 Å². The summed E-state index contributed by atoms with van der Waals surface area (Å²) >= 11 is 15.0. The van der Waals surface area contributed by atoms with Gasteiger partial charge < -0.3 is 20.7 Å². The van der Waals surface area contributed by atoms with Crippen molar-refractivity contribution in [3.05, 3.63) is 129 Å². The smallest absolute Gasteiger partial charge is 0.272 e. The Bertz CT molecular complexity index is 1970. The van der Waals surface area contributed by atoms with Crippen LogP contribution in [0.1, 0.15) is 29.3 Å². The Kier molecular flexibility index (Phi) is 11.9. The predicted octanol–water partition coefficient (Wildman–Crippen LogP) is 9.04. The van der Waals surface area contributed by atoms with Crippen LogP contribution in [0.3, 0.4) is 0 Å². The number of halogens is 2. The highest BCUT2D eigenvalue weighted by Crippen LogP contribution is 2.33. The summed E-state index contributed by atoms with van der Waals surface area (Å²) < 4.78 is 5.31. The number of carbonyl (C=O) groups excluding carboxylic acids is 3. The number of methoxy groups -OCH3 is 1. The number of ether oxygens (including phenoxy) is 1. The molecule has 5 rings (SSSR count). The third kappa shape index (κ3) is 9.26. The van der Waals surface area contributed by atoms with E-state index in [0.717, 1.165) is 10.5 Å². The van der Waals surface area contributed by atoms with Crippen molar-refractivity contribution in [1.29, 1.82) is 0 Å². The summed E-state index contributed by atoms with van der Waals surface area (Å²) in [5.41, 5.74) is 2.98. The van der Waals surface area contributed by atoms with E-state index in [1.165, 1.54) is 23.1 Å². The van der Waals surface area contributed by atoms with Crippen LogP contribution in [0.5, 0.6) is 5.75 Å². The Morgan fingerprint density at radius 1 is 0.938 bits per heavy atom. The second kappa shape index (κ2) is 16.5. The van der Waals surface area contributed by atoms with Crippen molar-refractivity contribution in [2.24, 2.45) is 0 Å². The van der Waals surface area contributed by atoms with Crippen molar-refractivity contribution >= 4 is 80.9 Å². The highest BCUT2D eigenvalue weighted by Gasteiger charge is 2.21. The fourth-order valence-corrected chi connectivity index (χ4v) is 6.74. The highest BCUT2D eigenvalue weighted by atomic mass is 35.5. The molecule has 1 unspecified atom stereocenters. The van der Waals surface area contributed by atoms with Gasteiger partial charge in [-0.25, -0.2) is 4.98 Å². The van der Waals surface area contributed by atoms with E-state index in [0.29, 0.717) is 49.9 Å². The average molecular weight is 718 g/mol. The lowest BCUT2D eigenvalue weighted by atomic mass is 10.1. The van der Waals surface area contributed by atoms with Gasteiger partial charge in [0.05, 0.1) is 23.1 Å². The summed E-state index contributed by atoms with van der Waals surface area (Å²) in [6, 6.07) is 28.1. The number of nitrogens with one attached hydrogen (secondary N) is 3. The van der Waals surface area contributed by atoms with Gasteiger partial charge in [-0.15, -0.1) is 23.1 Å². The number of thiazole rings is 1. The SMILES string of the molecule is CCC(Sc1cccc(NC(=O)/C(=C/c2cccc(OC)c2)NC(=O)c2ccccc2)c1)C(=O)Nc1nc(-c2ccc(Cl)cc2Cl)cs1. The Morgan fingerprint density at radius 3 is 2.48 bits per heavy atom. The number of hydrogen-bond donors (Lipinski definition) is 3. The molecule has 0 fully saturated rings. The van der Waals surface area contributed by atoms with Crippen molar-refractivity contribution < 1.29 is 19.1 Å². The number of nitrogens with zero attached hydrogens (tertiary/aromatic N) is 1. The van der Waals surface area contributed by atoms with Gasteiger partial charge in [-0.2, -0.15) is 0 Å². The lowest BCUT2D eigenvalue weighted by Crippen LogP contribution is -2.30. The molecule has 0 radical (unpaired) electrons. The molecule has 0 saturated heterocycles. The van der Waals surface area contributed by atoms with Crippen LogP contribution in [0.4, 0.5) is 10.8 Å². The molecule has 5 aromatic rings. The fraction of sp³-hybridized carbons (Fsp3) is 0.111. The Balaban J connectivity index is 1.28. The Labute approximate surface area is 296 Å². The molecule has 12 heteroatoms. The zero-order chi connectivity index (χ0) is 34.0. The average Bonchev–Trinajstić information content (AvgIpc) is 3.55. The third-order valence-corrected chi connectivity index (χ3v) is 9.57. The number of thioether (sulfide) groups is 1. The first-order valence-corrected chi connectivity index (χ1v) is 17.3. The molecular formula is C36H30Cl2N4O4S2. The monoisotopic (exact) mass is 716 g/mol. The van der Waals surface area contributed by atoms with Crippen molar-refractivity contribution in [2.75, 3.05) is 17.7 Å². The second-order valence-corrected chi connectivity index (χ2v) is 13.3. The first kappa shape index (κ1) is 34.7. The third-order valence-electron chi connectivity index (χ3n) is 6.91. The quantitative estimate of drug-likeness (QED) is 0.0878. The number of benzene rings is 4. The van der Waals surface area contributed by atoms with Gasteiger partial charge in [-0.1, -0.05) is 66.5 Å². The van der Waals surface area contributed by atoms with Crippen LogP contribution in [0.25, 0.3) is 17.3 Å². The summed E-state index contributed by atoms with van der Waals surface area (Å²) in [6.45, 7) is 1.93.